The second kappa shape index (κ2) is 20.0. The fourth-order valence-electron chi connectivity index (χ4n) is 1.41. The Morgan fingerprint density at radius 2 is 0.389 bits per heavy atom. The zero-order valence-electron chi connectivity index (χ0n) is 22.1. The summed E-state index contributed by atoms with van der Waals surface area (Å²) >= 11 is -97.4. The molecule has 0 bridgehead atoms. The molecule has 0 aliphatic heterocycles. The van der Waals surface area contributed by atoms with E-state index in [4.69, 9.17) is 11.3 Å². The van der Waals surface area contributed by atoms with Crippen LogP contribution in [0.2, 0.25) is 0 Å². The van der Waals surface area contributed by atoms with Crippen LogP contribution in [0.3, 0.4) is 0 Å². The molecule has 54 heteroatoms. The molecule has 0 aromatic heterocycles. The minimum Gasteiger partial charge on any atom is 2.00 e. The Morgan fingerprint density at radius 1 is 0.259 bits per heavy atom. The van der Waals surface area contributed by atoms with Gasteiger partial charge in [-0.2, -0.15) is 0 Å². The average molecular weight is 1880 g/mol. The van der Waals surface area contributed by atoms with Crippen LogP contribution in [0.5, 0.6) is 0 Å². The van der Waals surface area contributed by atoms with E-state index in [2.05, 4.69) is 27.9 Å². The molecule has 328 valence electrons. The van der Waals surface area contributed by atoms with E-state index in [9.17, 15) is 86.1 Å². The van der Waals surface area contributed by atoms with Crippen LogP contribution in [0, 0.1) is 0 Å². The molecule has 0 rings (SSSR count). The molecule has 3 N–H and O–H groups in total. The molecule has 0 heterocycles. The molecule has 40 nitrogen and oxygen atoms in total. The van der Waals surface area contributed by atoms with Crippen LogP contribution >= 0.6 is 7.82 Å². The van der Waals surface area contributed by atoms with Gasteiger partial charge < -0.3 is 0 Å². The number of phosphoric acid groups is 1. The fraction of sp³-hybridized carbons (Fsp3) is 0. The summed E-state index contributed by atoms with van der Waals surface area (Å²) in [7, 11) is -7.91. The van der Waals surface area contributed by atoms with E-state index in [1.54, 1.807) is 0 Å². The predicted molar refractivity (Wildman–Crippen MR) is 43.8 cm³/mol. The minimum atomic E-state index is -8.79. The number of hydrogen-bond acceptors (Lipinski definition) is 37. The van der Waals surface area contributed by atoms with Gasteiger partial charge in [-0.25, -0.2) is 0 Å². The van der Waals surface area contributed by atoms with Crippen LogP contribution in [0.1, 0.15) is 0 Å². The first-order chi connectivity index (χ1) is 22.5. The van der Waals surface area contributed by atoms with Crippen LogP contribution in [0.4, 0.5) is 0 Å². The van der Waals surface area contributed by atoms with Gasteiger partial charge in [0.2, 0.25) is 0 Å². The fourth-order valence-corrected chi connectivity index (χ4v) is 60.4. The van der Waals surface area contributed by atoms with E-state index >= 15 is 0 Å². The van der Waals surface area contributed by atoms with Gasteiger partial charge in [-0.15, -0.1) is 0 Å². The van der Waals surface area contributed by atoms with Crippen molar-refractivity contribution >= 4 is 7.82 Å². The topological polar surface area (TPSA) is 598 Å². The summed E-state index contributed by atoms with van der Waals surface area (Å²) in [5.41, 5.74) is 0. The Labute approximate surface area is 343 Å². The van der Waals surface area contributed by atoms with Gasteiger partial charge in [0.1, 0.15) is 0 Å². The van der Waals surface area contributed by atoms with Gasteiger partial charge in [-0.3, -0.25) is 0 Å². The SMILES string of the molecule is O=P([O][Mo](=[O])(=[O])[O][Mo](=[O])(=[O])[O][Mo](=[O])(=[O])[O][Mo](=[O])(=[O])[OH])([O][Mo](=[O])(=[O])[O][Mo](=[O])(=[O])[O][Mo](=[O])(=[O])[O][Mo](=[O])(=[O])[OH])[O][Mo](=[O])(=[O])[O][Mo](=[O])(=[O])[O][Mo](=[O])(=[O])[O][Mo](=[O])(=[O])[OH].[Ni+2]. The normalized spacial score (nSPS) is 15.3. The molecule has 0 unspecified atom stereocenters. The molecule has 0 saturated heterocycles. The van der Waals surface area contributed by atoms with Gasteiger partial charge >= 0.3 is 351 Å². The van der Waals surface area contributed by atoms with Crippen LogP contribution in [-0.2, 0) is 331 Å². The zero-order chi connectivity index (χ0) is 43.0. The number of rotatable bonds is 24. The van der Waals surface area contributed by atoms with Gasteiger partial charge in [0.25, 0.3) is 0 Å². The van der Waals surface area contributed by atoms with Crippen molar-refractivity contribution in [3.8, 4) is 0 Å². The maximum Gasteiger partial charge on any atom is 2.00 e. The monoisotopic (exact) mass is 1910 g/mol. The molecule has 0 spiro atoms. The Hall–Kier alpha value is 3.58. The molecule has 0 fully saturated rings. The van der Waals surface area contributed by atoms with Gasteiger partial charge in [-0.1, -0.05) is 0 Å². The van der Waals surface area contributed by atoms with Gasteiger partial charge in [-0.05, 0) is 0 Å². The summed E-state index contributed by atoms with van der Waals surface area (Å²) in [5.74, 6) is 0. The molecule has 0 aliphatic rings. The van der Waals surface area contributed by atoms with Gasteiger partial charge in [0.05, 0.1) is 0 Å². The maximum atomic E-state index is 12.8. The van der Waals surface area contributed by atoms with Crippen molar-refractivity contribution in [3.05, 3.63) is 0 Å². The van der Waals surface area contributed by atoms with Crippen LogP contribution in [0.25, 0.3) is 0 Å². The Kier molecular flexibility index (Phi) is 22.1. The first-order valence-corrected chi connectivity index (χ1v) is 49.8. The molecule has 0 radical (unpaired) electrons. The Balaban J connectivity index is 0. The van der Waals surface area contributed by atoms with E-state index in [0.717, 1.165) is 0 Å². The summed E-state index contributed by atoms with van der Waals surface area (Å²) in [5, 5.41) is 0. The van der Waals surface area contributed by atoms with E-state index in [0.29, 0.717) is 0 Å². The maximum absolute atomic E-state index is 12.8. The van der Waals surface area contributed by atoms with Crippen LogP contribution in [-0.4, -0.2) is 11.3 Å². The molecule has 0 aliphatic carbocycles. The summed E-state index contributed by atoms with van der Waals surface area (Å²) < 4.78 is 347. The second-order valence-electron chi connectivity index (χ2n) is 6.24. The van der Waals surface area contributed by atoms with Crippen molar-refractivity contribution in [2.45, 2.75) is 0 Å². The molecule has 0 aromatic carbocycles. The molecular weight excluding hydrogens is 1880 g/mol. The van der Waals surface area contributed by atoms with E-state index in [-0.39, 0.29) is 16.5 Å². The van der Waals surface area contributed by atoms with E-state index < -0.39 is 209 Å². The third-order valence-corrected chi connectivity index (χ3v) is 62.5. The van der Waals surface area contributed by atoms with Crippen LogP contribution in [0.15, 0.2) is 0 Å². The zero-order valence-corrected chi connectivity index (χ0v) is 48.1. The number of hydrogen-bond donors (Lipinski definition) is 3. The predicted octanol–water partition coefficient (Wildman–Crippen LogP) is -4.63. The quantitative estimate of drug-likeness (QED) is 0.0604. The molecule has 54 heavy (non-hydrogen) atoms. The third kappa shape index (κ3) is 29.0. The molecule has 0 amide bonds. The van der Waals surface area contributed by atoms with E-state index in [1.165, 1.54) is 0 Å². The summed E-state index contributed by atoms with van der Waals surface area (Å²) in [6.45, 7) is 0. The molecular formula is H3Mo12NiO40P+2. The third-order valence-electron chi connectivity index (χ3n) is 2.06. The minimum absolute atomic E-state index is 0. The standard InChI is InChI=1S/12Mo.Ni.H3O4P.3H2O.33O/c;;;;;;;;;;;;;1-5(2,3)4;;;;;;;;;;;;;;;;;;;;;;;;;;;;;;;;;;;;/h;;;;;;;;;;;;;(H3,1,2,3,4);3*1H2;;;;;;;;;;;;;;;;;;;;;;;;;;;;;;;;;/q;;;;;;6*+1;+2;;;;;;;;;;;;;;;;;;;;;;;;;;;;;;;;;;;;;/p-6. The Bertz CT molecular complexity index is 2510. The van der Waals surface area contributed by atoms with Crippen molar-refractivity contribution in [3.63, 3.8) is 0 Å². The average Bonchev–Trinajstić information content (AvgIpc) is 2.58. The van der Waals surface area contributed by atoms with Crippen LogP contribution < -0.4 is 0 Å². The van der Waals surface area contributed by atoms with Crippen molar-refractivity contribution in [1.29, 1.82) is 0 Å². The first kappa shape index (κ1) is 59.7. The van der Waals surface area contributed by atoms with Gasteiger partial charge in [0, 0.05) is 0 Å². The summed E-state index contributed by atoms with van der Waals surface area (Å²) in [6, 6.07) is 0. The van der Waals surface area contributed by atoms with Crippen molar-refractivity contribution < 1.29 is 343 Å². The van der Waals surface area contributed by atoms with Crippen molar-refractivity contribution in [1.82, 2.24) is 0 Å². The second-order valence-corrected chi connectivity index (χ2v) is 56.1. The van der Waals surface area contributed by atoms with Crippen molar-refractivity contribution in [2.24, 2.45) is 0 Å². The first-order valence-electron chi connectivity index (χ1n) is 8.78. The molecule has 0 aromatic rings. The summed E-state index contributed by atoms with van der Waals surface area (Å²) in [4.78, 5) is 0. The van der Waals surface area contributed by atoms with Gasteiger partial charge in [0.15, 0.2) is 0 Å². The summed E-state index contributed by atoms with van der Waals surface area (Å²) in [6.07, 6.45) is 0. The smallest absolute Gasteiger partial charge is 2.00 e. The molecule has 0 atom stereocenters. The largest absolute Gasteiger partial charge is 2.00 e. The van der Waals surface area contributed by atoms with E-state index in [1.807, 2.05) is 0 Å². The molecule has 0 saturated carbocycles. The Morgan fingerprint density at radius 3 is 0.537 bits per heavy atom. The van der Waals surface area contributed by atoms with Crippen molar-refractivity contribution in [2.75, 3.05) is 0 Å².